The van der Waals surface area contributed by atoms with Gasteiger partial charge in [-0.15, -0.1) is 0 Å². The van der Waals surface area contributed by atoms with Crippen LogP contribution in [0.2, 0.25) is 0 Å². The van der Waals surface area contributed by atoms with Gasteiger partial charge in [-0.25, -0.2) is 4.39 Å². The van der Waals surface area contributed by atoms with Crippen LogP contribution >= 0.6 is 0 Å². The summed E-state index contributed by atoms with van der Waals surface area (Å²) in [6, 6.07) is 3.25. The van der Waals surface area contributed by atoms with Gasteiger partial charge in [-0.05, 0) is 38.0 Å². The second kappa shape index (κ2) is 4.04. The molecule has 0 aliphatic heterocycles. The van der Waals surface area contributed by atoms with Crippen molar-refractivity contribution in [2.75, 3.05) is 0 Å². The molecule has 0 aliphatic rings. The molecule has 0 bridgehead atoms. The predicted molar refractivity (Wildman–Crippen MR) is 60.6 cm³/mol. The first-order chi connectivity index (χ1) is 7.63. The summed E-state index contributed by atoms with van der Waals surface area (Å²) >= 11 is 0. The first kappa shape index (κ1) is 10.8. The number of aryl methyl sites for hydroxylation is 2. The van der Waals surface area contributed by atoms with Gasteiger partial charge >= 0.3 is 0 Å². The zero-order valence-corrected chi connectivity index (χ0v) is 9.66. The summed E-state index contributed by atoms with van der Waals surface area (Å²) < 4.78 is 13.8. The number of hydrogen-bond acceptors (Lipinski definition) is 2. The number of nitrogens with zero attached hydrogens (tertiary/aromatic N) is 3. The summed E-state index contributed by atoms with van der Waals surface area (Å²) in [6.45, 7) is 6.50. The smallest absolute Gasteiger partial charge is 0.133 e. The number of benzene rings is 1. The largest absolute Gasteiger partial charge is 0.206 e. The molecule has 0 unspecified atom stereocenters. The van der Waals surface area contributed by atoms with Gasteiger partial charge in [0, 0.05) is 5.56 Å². The van der Waals surface area contributed by atoms with Gasteiger partial charge in [-0.3, -0.25) is 0 Å². The Balaban J connectivity index is 2.58. The van der Waals surface area contributed by atoms with Gasteiger partial charge in [-0.1, -0.05) is 6.07 Å². The average Bonchev–Trinajstić information content (AvgIpc) is 2.73. The average molecular weight is 219 g/mol. The van der Waals surface area contributed by atoms with Gasteiger partial charge < -0.3 is 0 Å². The summed E-state index contributed by atoms with van der Waals surface area (Å²) in [6.07, 6.45) is 1.61. The van der Waals surface area contributed by atoms with Crippen molar-refractivity contribution in [1.82, 2.24) is 15.0 Å². The maximum Gasteiger partial charge on any atom is 0.133 e. The van der Waals surface area contributed by atoms with E-state index >= 15 is 0 Å². The van der Waals surface area contributed by atoms with Crippen LogP contribution in [0.3, 0.4) is 0 Å². The monoisotopic (exact) mass is 219 g/mol. The maximum atomic E-state index is 13.8. The Morgan fingerprint density at radius 1 is 1.31 bits per heavy atom. The van der Waals surface area contributed by atoms with Crippen LogP contribution in [0.4, 0.5) is 4.39 Å². The van der Waals surface area contributed by atoms with E-state index < -0.39 is 0 Å². The van der Waals surface area contributed by atoms with E-state index in [0.717, 1.165) is 11.1 Å². The third-order valence-electron chi connectivity index (χ3n) is 2.76. The van der Waals surface area contributed by atoms with Gasteiger partial charge in [0.15, 0.2) is 0 Å². The summed E-state index contributed by atoms with van der Waals surface area (Å²) in [4.78, 5) is 1.55. The van der Waals surface area contributed by atoms with Crippen molar-refractivity contribution >= 4 is 0 Å². The highest BCUT2D eigenvalue weighted by Crippen LogP contribution is 2.26. The van der Waals surface area contributed by atoms with Crippen LogP contribution in [-0.2, 0) is 6.54 Å². The highest BCUT2D eigenvalue weighted by molar-refractivity contribution is 5.64. The number of hydrogen-bond donors (Lipinski definition) is 0. The van der Waals surface area contributed by atoms with E-state index in [4.69, 9.17) is 0 Å². The fraction of sp³-hybridized carbons (Fsp3) is 0.333. The minimum absolute atomic E-state index is 0.244. The van der Waals surface area contributed by atoms with Crippen LogP contribution in [-0.4, -0.2) is 15.0 Å². The zero-order chi connectivity index (χ0) is 11.7. The standard InChI is InChI=1S/C12H14FN3/c1-4-16-14-7-11(15-16)12-9(3)8(2)5-6-10(12)13/h5-7H,4H2,1-3H3. The van der Waals surface area contributed by atoms with E-state index in [1.165, 1.54) is 6.07 Å². The highest BCUT2D eigenvalue weighted by atomic mass is 19.1. The summed E-state index contributed by atoms with van der Waals surface area (Å²) in [7, 11) is 0. The second-order valence-corrected chi connectivity index (χ2v) is 3.78. The number of rotatable bonds is 2. The van der Waals surface area contributed by atoms with Crippen molar-refractivity contribution in [2.45, 2.75) is 27.3 Å². The Hall–Kier alpha value is -1.71. The second-order valence-electron chi connectivity index (χ2n) is 3.78. The van der Waals surface area contributed by atoms with Crippen molar-refractivity contribution in [1.29, 1.82) is 0 Å². The molecule has 0 saturated heterocycles. The molecule has 0 aliphatic carbocycles. The molecular formula is C12H14FN3. The van der Waals surface area contributed by atoms with Gasteiger partial charge in [0.2, 0.25) is 0 Å². The molecule has 2 aromatic rings. The molecule has 0 amide bonds. The Labute approximate surface area is 93.9 Å². The van der Waals surface area contributed by atoms with Crippen molar-refractivity contribution in [3.63, 3.8) is 0 Å². The van der Waals surface area contributed by atoms with Gasteiger partial charge in [0.05, 0.1) is 12.7 Å². The quantitative estimate of drug-likeness (QED) is 0.777. The Bertz CT molecular complexity index is 517. The molecule has 0 spiro atoms. The lowest BCUT2D eigenvalue weighted by atomic mass is 10.0. The molecule has 0 fully saturated rings. The van der Waals surface area contributed by atoms with Crippen LogP contribution in [0.1, 0.15) is 18.1 Å². The summed E-state index contributed by atoms with van der Waals surface area (Å²) in [5.41, 5.74) is 3.13. The van der Waals surface area contributed by atoms with Crippen molar-refractivity contribution < 1.29 is 4.39 Å². The number of aromatic nitrogens is 3. The lowest BCUT2D eigenvalue weighted by Gasteiger charge is -2.06. The van der Waals surface area contributed by atoms with Crippen molar-refractivity contribution in [2.24, 2.45) is 0 Å². The molecule has 0 atom stereocenters. The first-order valence-corrected chi connectivity index (χ1v) is 5.29. The molecule has 1 heterocycles. The van der Waals surface area contributed by atoms with Crippen LogP contribution in [0, 0.1) is 19.7 Å². The topological polar surface area (TPSA) is 30.7 Å². The lowest BCUT2D eigenvalue weighted by Crippen LogP contribution is -1.99. The number of halogens is 1. The molecule has 2 rings (SSSR count). The minimum atomic E-state index is -0.244. The fourth-order valence-electron chi connectivity index (χ4n) is 1.66. The molecule has 4 heteroatoms. The van der Waals surface area contributed by atoms with E-state index in [0.29, 0.717) is 17.8 Å². The van der Waals surface area contributed by atoms with E-state index in [1.807, 2.05) is 20.8 Å². The molecule has 0 saturated carbocycles. The minimum Gasteiger partial charge on any atom is -0.206 e. The molecule has 1 aromatic carbocycles. The molecule has 0 N–H and O–H groups in total. The highest BCUT2D eigenvalue weighted by Gasteiger charge is 2.13. The summed E-state index contributed by atoms with van der Waals surface area (Å²) in [5, 5.41) is 8.29. The molecular weight excluding hydrogens is 205 g/mol. The molecule has 0 radical (unpaired) electrons. The van der Waals surface area contributed by atoms with E-state index in [1.54, 1.807) is 17.1 Å². The van der Waals surface area contributed by atoms with Crippen molar-refractivity contribution in [3.05, 3.63) is 35.3 Å². The van der Waals surface area contributed by atoms with Gasteiger partial charge in [-0.2, -0.15) is 15.0 Å². The fourth-order valence-corrected chi connectivity index (χ4v) is 1.66. The Morgan fingerprint density at radius 3 is 2.69 bits per heavy atom. The molecule has 1 aromatic heterocycles. The maximum absolute atomic E-state index is 13.8. The normalized spacial score (nSPS) is 10.8. The van der Waals surface area contributed by atoms with Crippen LogP contribution < -0.4 is 0 Å². The molecule has 84 valence electrons. The van der Waals surface area contributed by atoms with Gasteiger partial charge in [0.25, 0.3) is 0 Å². The van der Waals surface area contributed by atoms with E-state index in [9.17, 15) is 4.39 Å². The van der Waals surface area contributed by atoms with Crippen LogP contribution in [0.5, 0.6) is 0 Å². The van der Waals surface area contributed by atoms with E-state index in [2.05, 4.69) is 10.2 Å². The van der Waals surface area contributed by atoms with Gasteiger partial charge in [0.1, 0.15) is 11.5 Å². The first-order valence-electron chi connectivity index (χ1n) is 5.29. The lowest BCUT2D eigenvalue weighted by molar-refractivity contribution is 0.569. The molecule has 3 nitrogen and oxygen atoms in total. The summed E-state index contributed by atoms with van der Waals surface area (Å²) in [5.74, 6) is -0.244. The van der Waals surface area contributed by atoms with Crippen molar-refractivity contribution in [3.8, 4) is 11.3 Å². The predicted octanol–water partition coefficient (Wildman–Crippen LogP) is 2.72. The zero-order valence-electron chi connectivity index (χ0n) is 9.66. The Kier molecular flexibility index (Phi) is 2.73. The third-order valence-corrected chi connectivity index (χ3v) is 2.76. The Morgan fingerprint density at radius 2 is 2.06 bits per heavy atom. The van der Waals surface area contributed by atoms with E-state index in [-0.39, 0.29) is 5.82 Å². The van der Waals surface area contributed by atoms with Crippen LogP contribution in [0.15, 0.2) is 18.3 Å². The molecule has 16 heavy (non-hydrogen) atoms. The third kappa shape index (κ3) is 1.71. The van der Waals surface area contributed by atoms with Crippen LogP contribution in [0.25, 0.3) is 11.3 Å². The SMILES string of the molecule is CCn1ncc(-c2c(F)ccc(C)c2C)n1.